The predicted octanol–water partition coefficient (Wildman–Crippen LogP) is 3.09. The number of hydrogen-bond acceptors (Lipinski definition) is 5. The molecule has 0 N–H and O–H groups in total. The van der Waals surface area contributed by atoms with Gasteiger partial charge >= 0.3 is 7.60 Å². The van der Waals surface area contributed by atoms with Crippen molar-refractivity contribution >= 4 is 23.5 Å². The molecule has 1 heterocycles. The molecule has 1 aliphatic heterocycles. The molecule has 0 saturated carbocycles. The van der Waals surface area contributed by atoms with Crippen LogP contribution in [-0.2, 0) is 13.6 Å². The molecule has 5 nitrogen and oxygen atoms in total. The zero-order valence-electron chi connectivity index (χ0n) is 10.8. The number of hydrogen-bond donors (Lipinski definition) is 0. The lowest BCUT2D eigenvalue weighted by molar-refractivity contribution is 0.188. The van der Waals surface area contributed by atoms with Gasteiger partial charge in [-0.3, -0.25) is 4.57 Å². The van der Waals surface area contributed by atoms with Crippen LogP contribution in [0.3, 0.4) is 0 Å². The van der Waals surface area contributed by atoms with Gasteiger partial charge in [-0.05, 0) is 20.3 Å². The SMILES string of the molecule is CCOP(=O)(OCC)[C@H]1[C@H](Br)CC(C#N)=CN1C. The summed E-state index contributed by atoms with van der Waals surface area (Å²) >= 11 is 3.49. The fraction of sp³-hybridized carbons (Fsp3) is 0.727. The zero-order valence-corrected chi connectivity index (χ0v) is 13.3. The van der Waals surface area contributed by atoms with Crippen molar-refractivity contribution in [2.24, 2.45) is 0 Å². The smallest absolute Gasteiger partial charge is 0.354 e. The van der Waals surface area contributed by atoms with Gasteiger partial charge in [-0.1, -0.05) is 15.9 Å². The molecular weight excluding hydrogens is 319 g/mol. The second-order valence-corrected chi connectivity index (χ2v) is 7.24. The lowest BCUT2D eigenvalue weighted by Gasteiger charge is -2.38. The predicted molar refractivity (Wildman–Crippen MR) is 73.4 cm³/mol. The fourth-order valence-corrected chi connectivity index (χ4v) is 5.70. The van der Waals surface area contributed by atoms with E-state index in [0.717, 1.165) is 0 Å². The monoisotopic (exact) mass is 336 g/mol. The summed E-state index contributed by atoms with van der Waals surface area (Å²) in [5.74, 6) is -0.408. The van der Waals surface area contributed by atoms with Crippen molar-refractivity contribution < 1.29 is 13.6 Å². The summed E-state index contributed by atoms with van der Waals surface area (Å²) in [6, 6.07) is 2.12. The Balaban J connectivity index is 3.03. The summed E-state index contributed by atoms with van der Waals surface area (Å²) in [5.41, 5.74) is 0.648. The summed E-state index contributed by atoms with van der Waals surface area (Å²) in [6.45, 7) is 4.23. The van der Waals surface area contributed by atoms with Crippen molar-refractivity contribution in [1.82, 2.24) is 4.90 Å². The molecule has 0 bridgehead atoms. The quantitative estimate of drug-likeness (QED) is 0.570. The molecule has 1 aliphatic rings. The van der Waals surface area contributed by atoms with Gasteiger partial charge in [0.15, 0.2) is 0 Å². The zero-order chi connectivity index (χ0) is 13.8. The molecule has 0 fully saturated rings. The Kier molecular flexibility index (Phi) is 5.87. The van der Waals surface area contributed by atoms with E-state index in [9.17, 15) is 4.57 Å². The van der Waals surface area contributed by atoms with E-state index in [1.807, 2.05) is 0 Å². The van der Waals surface area contributed by atoms with E-state index in [-0.39, 0.29) is 4.83 Å². The van der Waals surface area contributed by atoms with Crippen molar-refractivity contribution in [3.63, 3.8) is 0 Å². The Labute approximate surface area is 116 Å². The van der Waals surface area contributed by atoms with Crippen LogP contribution in [0.4, 0.5) is 0 Å². The Morgan fingerprint density at radius 2 is 2.11 bits per heavy atom. The van der Waals surface area contributed by atoms with Gasteiger partial charge in [0.05, 0.1) is 24.1 Å². The molecule has 7 heteroatoms. The van der Waals surface area contributed by atoms with Crippen molar-refractivity contribution in [3.05, 3.63) is 11.8 Å². The first kappa shape index (κ1) is 15.7. The van der Waals surface area contributed by atoms with E-state index in [1.165, 1.54) is 0 Å². The van der Waals surface area contributed by atoms with Gasteiger partial charge < -0.3 is 13.9 Å². The average Bonchev–Trinajstić information content (AvgIpc) is 2.28. The summed E-state index contributed by atoms with van der Waals surface area (Å²) in [5, 5.41) is 8.93. The van der Waals surface area contributed by atoms with Gasteiger partial charge in [-0.2, -0.15) is 5.26 Å². The fourth-order valence-electron chi connectivity index (χ4n) is 1.99. The molecule has 0 aromatic carbocycles. The number of nitriles is 1. The van der Waals surface area contributed by atoms with E-state index in [1.54, 1.807) is 32.0 Å². The molecular formula is C11H18BrN2O3P. The maximum absolute atomic E-state index is 12.8. The van der Waals surface area contributed by atoms with Crippen LogP contribution in [0.5, 0.6) is 0 Å². The van der Waals surface area contributed by atoms with Crippen molar-refractivity contribution in [1.29, 1.82) is 5.26 Å². The van der Waals surface area contributed by atoms with E-state index in [2.05, 4.69) is 22.0 Å². The third-order valence-corrected chi connectivity index (χ3v) is 6.44. The van der Waals surface area contributed by atoms with Crippen LogP contribution in [0.15, 0.2) is 11.8 Å². The first-order valence-corrected chi connectivity index (χ1v) is 8.36. The van der Waals surface area contributed by atoms with Crippen LogP contribution >= 0.6 is 23.5 Å². The summed E-state index contributed by atoms with van der Waals surface area (Å²) in [6.07, 6.45) is 2.22. The molecule has 2 atom stereocenters. The van der Waals surface area contributed by atoms with E-state index in [4.69, 9.17) is 14.3 Å². The first-order valence-electron chi connectivity index (χ1n) is 5.84. The molecule has 0 radical (unpaired) electrons. The van der Waals surface area contributed by atoms with Crippen LogP contribution in [0.2, 0.25) is 0 Å². The van der Waals surface area contributed by atoms with Gasteiger partial charge in [0, 0.05) is 18.8 Å². The molecule has 0 aliphatic carbocycles. The number of alkyl halides is 1. The Morgan fingerprint density at radius 3 is 2.50 bits per heavy atom. The van der Waals surface area contributed by atoms with Crippen molar-refractivity contribution in [3.8, 4) is 6.07 Å². The minimum atomic E-state index is -3.22. The highest BCUT2D eigenvalue weighted by Gasteiger charge is 2.44. The number of halogens is 1. The Hall–Kier alpha value is -0.340. The van der Waals surface area contributed by atoms with E-state index < -0.39 is 13.4 Å². The maximum atomic E-state index is 12.8. The molecule has 0 aromatic rings. The molecule has 0 aromatic heterocycles. The number of allylic oxidation sites excluding steroid dienone is 1. The Morgan fingerprint density at radius 1 is 1.56 bits per heavy atom. The highest BCUT2D eigenvalue weighted by atomic mass is 79.9. The molecule has 102 valence electrons. The van der Waals surface area contributed by atoms with E-state index in [0.29, 0.717) is 25.2 Å². The highest BCUT2D eigenvalue weighted by Crippen LogP contribution is 2.57. The van der Waals surface area contributed by atoms with Gasteiger partial charge in [0.2, 0.25) is 0 Å². The standard InChI is InChI=1S/C11H18BrN2O3P/c1-4-16-18(15,17-5-2)11-10(12)6-9(7-13)8-14(11)3/h8,10-11H,4-6H2,1-3H3/t10-,11+/m1/s1. The van der Waals surface area contributed by atoms with Crippen LogP contribution in [0.1, 0.15) is 20.3 Å². The van der Waals surface area contributed by atoms with Crippen LogP contribution < -0.4 is 0 Å². The van der Waals surface area contributed by atoms with Gasteiger partial charge in [0.25, 0.3) is 0 Å². The average molecular weight is 337 g/mol. The summed E-state index contributed by atoms with van der Waals surface area (Å²) < 4.78 is 23.5. The maximum Gasteiger partial charge on any atom is 0.354 e. The molecule has 0 spiro atoms. The van der Waals surface area contributed by atoms with E-state index >= 15 is 0 Å². The Bertz CT molecular complexity index is 398. The molecule has 0 saturated heterocycles. The van der Waals surface area contributed by atoms with Gasteiger partial charge in [0.1, 0.15) is 5.78 Å². The van der Waals surface area contributed by atoms with Crippen LogP contribution in [0, 0.1) is 11.3 Å². The largest absolute Gasteiger partial charge is 0.365 e. The first-order chi connectivity index (χ1) is 8.48. The normalized spacial score (nSPS) is 24.6. The van der Waals surface area contributed by atoms with Crippen LogP contribution in [0.25, 0.3) is 0 Å². The summed E-state index contributed by atoms with van der Waals surface area (Å²) in [4.78, 5) is 1.61. The molecule has 0 amide bonds. The molecule has 1 rings (SSSR count). The van der Waals surface area contributed by atoms with Crippen molar-refractivity contribution in [2.75, 3.05) is 20.3 Å². The molecule has 0 unspecified atom stereocenters. The minimum absolute atomic E-state index is 0.133. The summed E-state index contributed by atoms with van der Waals surface area (Å²) in [7, 11) is -1.44. The second-order valence-electron chi connectivity index (χ2n) is 3.94. The lowest BCUT2D eigenvalue weighted by Crippen LogP contribution is -2.39. The van der Waals surface area contributed by atoms with Crippen molar-refractivity contribution in [2.45, 2.75) is 30.9 Å². The van der Waals surface area contributed by atoms with Crippen LogP contribution in [-0.4, -0.2) is 35.8 Å². The second kappa shape index (κ2) is 6.72. The number of nitrogens with zero attached hydrogens (tertiary/aromatic N) is 2. The lowest BCUT2D eigenvalue weighted by atomic mass is 10.1. The van der Waals surface area contributed by atoms with Gasteiger partial charge in [-0.15, -0.1) is 0 Å². The minimum Gasteiger partial charge on any atom is -0.365 e. The highest BCUT2D eigenvalue weighted by molar-refractivity contribution is 9.09. The third kappa shape index (κ3) is 3.36. The molecule has 18 heavy (non-hydrogen) atoms. The van der Waals surface area contributed by atoms with Gasteiger partial charge in [-0.25, -0.2) is 0 Å². The third-order valence-electron chi connectivity index (χ3n) is 2.60. The topological polar surface area (TPSA) is 62.6 Å². The number of rotatable bonds is 5.